The van der Waals surface area contributed by atoms with Gasteiger partial charge in [0.15, 0.2) is 5.78 Å². The van der Waals surface area contributed by atoms with Crippen LogP contribution in [0.4, 0.5) is 23.8 Å². The average molecular weight is 465 g/mol. The fourth-order valence-corrected chi connectivity index (χ4v) is 3.80. The molecule has 1 aromatic heterocycles. The minimum atomic E-state index is -4.67. The lowest BCUT2D eigenvalue weighted by Crippen LogP contribution is -2.43. The normalized spacial score (nSPS) is 20.8. The number of hydrogen-bond donors (Lipinski definition) is 3. The zero-order valence-electron chi connectivity index (χ0n) is 17.2. The van der Waals surface area contributed by atoms with Crippen molar-refractivity contribution < 1.29 is 27.6 Å². The van der Waals surface area contributed by atoms with Crippen LogP contribution >= 0.6 is 0 Å². The summed E-state index contributed by atoms with van der Waals surface area (Å²) in [4.78, 5) is 65.1. The number of halogens is 3. The molecule has 13 heteroatoms. The first-order valence-electron chi connectivity index (χ1n) is 9.84. The number of nitrogen functional groups attached to an aromatic ring is 1. The van der Waals surface area contributed by atoms with Gasteiger partial charge in [0.25, 0.3) is 11.5 Å². The van der Waals surface area contributed by atoms with E-state index in [2.05, 4.69) is 5.32 Å². The number of imide groups is 1. The van der Waals surface area contributed by atoms with Gasteiger partial charge in [-0.25, -0.2) is 9.59 Å². The molecular weight excluding hydrogens is 447 g/mol. The highest BCUT2D eigenvalue weighted by Crippen LogP contribution is 2.36. The Balaban J connectivity index is 1.65. The van der Waals surface area contributed by atoms with E-state index in [1.54, 1.807) is 0 Å². The zero-order chi connectivity index (χ0) is 24.3. The van der Waals surface area contributed by atoms with E-state index in [9.17, 15) is 37.1 Å². The van der Waals surface area contributed by atoms with Gasteiger partial charge < -0.3 is 11.1 Å². The molecule has 0 spiro atoms. The standard InChI is InChI=1S/C20H18F3N5O5/c1-19(9-3-2-4-10(7-9)20(21,22)23)16(31)27(18(33)26-19)8-12(29)13-14(24)28(11-5-6-11)17(32)25-15(13)30/h2-4,7,11H,5-6,8,24H2,1H3,(H,26,33)(H,25,30,32). The van der Waals surface area contributed by atoms with Gasteiger partial charge in [-0.05, 0) is 37.5 Å². The van der Waals surface area contributed by atoms with Gasteiger partial charge in [0.2, 0.25) is 0 Å². The molecule has 1 saturated heterocycles. The zero-order valence-corrected chi connectivity index (χ0v) is 17.2. The fraction of sp³-hybridized carbons (Fsp3) is 0.350. The van der Waals surface area contributed by atoms with Crippen molar-refractivity contribution in [2.75, 3.05) is 12.3 Å². The Morgan fingerprint density at radius 3 is 2.48 bits per heavy atom. The molecule has 33 heavy (non-hydrogen) atoms. The van der Waals surface area contributed by atoms with Gasteiger partial charge in [0.05, 0.1) is 12.1 Å². The number of amides is 3. The molecule has 4 N–H and O–H groups in total. The third kappa shape index (κ3) is 3.68. The molecule has 0 bridgehead atoms. The number of H-pyrrole nitrogens is 1. The number of aromatic nitrogens is 2. The molecule has 0 radical (unpaired) electrons. The SMILES string of the molecule is CC1(c2cccc(C(F)(F)F)c2)NC(=O)N(CC(=O)c2c(N)n(C3CC3)c(=O)[nH]c2=O)C1=O. The fourth-order valence-electron chi connectivity index (χ4n) is 3.80. The maximum absolute atomic E-state index is 13.1. The molecular formula is C20H18F3N5O5. The molecule has 1 aliphatic heterocycles. The van der Waals surface area contributed by atoms with E-state index >= 15 is 0 Å². The molecule has 1 unspecified atom stereocenters. The molecule has 1 saturated carbocycles. The smallest absolute Gasteiger partial charge is 0.384 e. The van der Waals surface area contributed by atoms with Crippen molar-refractivity contribution in [3.05, 3.63) is 61.8 Å². The predicted molar refractivity (Wildman–Crippen MR) is 107 cm³/mol. The second-order valence-corrected chi connectivity index (χ2v) is 8.07. The summed E-state index contributed by atoms with van der Waals surface area (Å²) in [5.41, 5.74) is 0.452. The summed E-state index contributed by atoms with van der Waals surface area (Å²) in [6.45, 7) is 0.316. The number of nitrogens with zero attached hydrogens (tertiary/aromatic N) is 2. The van der Waals surface area contributed by atoms with E-state index in [1.165, 1.54) is 13.0 Å². The van der Waals surface area contributed by atoms with Crippen LogP contribution in [0.1, 0.15) is 47.3 Å². The number of carbonyl (C=O) groups is 3. The first-order valence-corrected chi connectivity index (χ1v) is 9.84. The largest absolute Gasteiger partial charge is 0.416 e. The molecule has 174 valence electrons. The van der Waals surface area contributed by atoms with E-state index in [0.717, 1.165) is 22.8 Å². The minimum Gasteiger partial charge on any atom is -0.384 e. The first kappa shape index (κ1) is 22.3. The van der Waals surface area contributed by atoms with Crippen molar-refractivity contribution in [2.24, 2.45) is 0 Å². The van der Waals surface area contributed by atoms with Crippen LogP contribution in [0, 0.1) is 0 Å². The Morgan fingerprint density at radius 2 is 1.88 bits per heavy atom. The summed E-state index contributed by atoms with van der Waals surface area (Å²) in [5, 5.41) is 2.31. The summed E-state index contributed by atoms with van der Waals surface area (Å²) in [6, 6.07) is 2.60. The van der Waals surface area contributed by atoms with Gasteiger partial charge in [-0.2, -0.15) is 13.2 Å². The number of carbonyl (C=O) groups excluding carboxylic acids is 3. The highest BCUT2D eigenvalue weighted by Gasteiger charge is 2.50. The van der Waals surface area contributed by atoms with Gasteiger partial charge in [-0.3, -0.25) is 28.8 Å². The van der Waals surface area contributed by atoms with Crippen molar-refractivity contribution in [3.63, 3.8) is 0 Å². The molecule has 2 aromatic rings. The Kier molecular flexibility index (Phi) is 4.95. The second-order valence-electron chi connectivity index (χ2n) is 8.07. The maximum atomic E-state index is 13.1. The Bertz CT molecular complexity index is 1310. The third-order valence-corrected chi connectivity index (χ3v) is 5.72. The van der Waals surface area contributed by atoms with Gasteiger partial charge in [0.1, 0.15) is 16.9 Å². The van der Waals surface area contributed by atoms with E-state index in [0.29, 0.717) is 17.7 Å². The van der Waals surface area contributed by atoms with Crippen molar-refractivity contribution in [3.8, 4) is 0 Å². The van der Waals surface area contributed by atoms with Gasteiger partial charge in [0, 0.05) is 6.04 Å². The van der Waals surface area contributed by atoms with Gasteiger partial charge in [-0.1, -0.05) is 12.1 Å². The summed E-state index contributed by atoms with van der Waals surface area (Å²) >= 11 is 0. The number of Topliss-reactive ketones (excluding diaryl/α,β-unsaturated/α-hetero) is 1. The number of anilines is 1. The average Bonchev–Trinajstić information content (AvgIpc) is 3.52. The van der Waals surface area contributed by atoms with Crippen LogP contribution in [0.15, 0.2) is 33.9 Å². The molecule has 4 rings (SSSR count). The molecule has 1 aliphatic carbocycles. The molecule has 1 aromatic carbocycles. The third-order valence-electron chi connectivity index (χ3n) is 5.72. The van der Waals surface area contributed by atoms with Crippen LogP contribution in [0.3, 0.4) is 0 Å². The molecule has 2 heterocycles. The van der Waals surface area contributed by atoms with Crippen LogP contribution in [-0.4, -0.2) is 38.7 Å². The highest BCUT2D eigenvalue weighted by molar-refractivity contribution is 6.12. The Labute approximate surface area is 183 Å². The Hall–Kier alpha value is -3.90. The molecule has 10 nitrogen and oxygen atoms in total. The van der Waals surface area contributed by atoms with Crippen molar-refractivity contribution >= 4 is 23.5 Å². The van der Waals surface area contributed by atoms with Crippen molar-refractivity contribution in [1.29, 1.82) is 0 Å². The first-order chi connectivity index (χ1) is 15.3. The summed E-state index contributed by atoms with van der Waals surface area (Å²) < 4.78 is 40.4. The number of ketones is 1. The molecule has 3 amide bonds. The molecule has 1 atom stereocenters. The number of urea groups is 1. The van der Waals surface area contributed by atoms with Crippen molar-refractivity contribution in [1.82, 2.24) is 19.8 Å². The monoisotopic (exact) mass is 465 g/mol. The minimum absolute atomic E-state index is 0.134. The van der Waals surface area contributed by atoms with Crippen LogP contribution in [-0.2, 0) is 16.5 Å². The maximum Gasteiger partial charge on any atom is 0.416 e. The lowest BCUT2D eigenvalue weighted by Gasteiger charge is -2.23. The summed E-state index contributed by atoms with van der Waals surface area (Å²) in [5.74, 6) is -2.35. The molecule has 2 aliphatic rings. The molecule has 2 fully saturated rings. The number of rotatable bonds is 5. The number of nitrogens with two attached hydrogens (primary N) is 1. The highest BCUT2D eigenvalue weighted by atomic mass is 19.4. The number of aromatic amines is 1. The lowest BCUT2D eigenvalue weighted by molar-refractivity contribution is -0.138. The van der Waals surface area contributed by atoms with Gasteiger partial charge in [-0.15, -0.1) is 0 Å². The predicted octanol–water partition coefficient (Wildman–Crippen LogP) is 1.12. The van der Waals surface area contributed by atoms with Crippen LogP contribution < -0.4 is 22.3 Å². The number of nitrogens with one attached hydrogen (secondary N) is 2. The second kappa shape index (κ2) is 7.32. The van der Waals surface area contributed by atoms with Gasteiger partial charge >= 0.3 is 17.9 Å². The van der Waals surface area contributed by atoms with Crippen LogP contribution in [0.5, 0.6) is 0 Å². The quantitative estimate of drug-likeness (QED) is 0.445. The summed E-state index contributed by atoms with van der Waals surface area (Å²) in [6.07, 6.45) is -3.41. The van der Waals surface area contributed by atoms with E-state index in [4.69, 9.17) is 5.73 Å². The Morgan fingerprint density at radius 1 is 1.21 bits per heavy atom. The lowest BCUT2D eigenvalue weighted by atomic mass is 9.90. The number of hydrogen-bond acceptors (Lipinski definition) is 6. The number of benzene rings is 1. The van der Waals surface area contributed by atoms with Crippen molar-refractivity contribution in [2.45, 2.75) is 37.5 Å². The van der Waals surface area contributed by atoms with Crippen LogP contribution in [0.2, 0.25) is 0 Å². The number of alkyl halides is 3. The van der Waals surface area contributed by atoms with E-state index in [-0.39, 0.29) is 17.4 Å². The van der Waals surface area contributed by atoms with Crippen LogP contribution in [0.25, 0.3) is 0 Å². The topological polar surface area (TPSA) is 147 Å². The van der Waals surface area contributed by atoms with E-state index in [1.807, 2.05) is 4.98 Å². The summed E-state index contributed by atoms with van der Waals surface area (Å²) in [7, 11) is 0. The van der Waals surface area contributed by atoms with E-state index < -0.39 is 58.4 Å².